The Morgan fingerprint density at radius 3 is 2.56 bits per heavy atom. The normalized spacial score (nSPS) is 11.8. The monoisotopic (exact) mass is 494 g/mol. The first-order chi connectivity index (χ1) is 15.3. The minimum absolute atomic E-state index is 0.0776. The van der Waals surface area contributed by atoms with Crippen molar-refractivity contribution in [1.82, 2.24) is 10.2 Å². The van der Waals surface area contributed by atoms with E-state index in [4.69, 9.17) is 23.2 Å². The van der Waals surface area contributed by atoms with Gasteiger partial charge >= 0.3 is 0 Å². The van der Waals surface area contributed by atoms with Crippen molar-refractivity contribution in [3.05, 3.63) is 69.2 Å². The van der Waals surface area contributed by atoms with Crippen molar-refractivity contribution in [2.45, 2.75) is 58.4 Å². The molecule has 2 aromatic carbocycles. The molecule has 0 saturated carbocycles. The van der Waals surface area contributed by atoms with E-state index in [1.165, 1.54) is 11.1 Å². The highest BCUT2D eigenvalue weighted by atomic mass is 35.5. The minimum atomic E-state index is -0.550. The maximum atomic E-state index is 13.3. The van der Waals surface area contributed by atoms with Crippen LogP contribution < -0.4 is 5.32 Å². The van der Waals surface area contributed by atoms with Crippen LogP contribution in [-0.4, -0.2) is 35.1 Å². The van der Waals surface area contributed by atoms with Gasteiger partial charge in [0.25, 0.3) is 0 Å². The lowest BCUT2D eigenvalue weighted by Crippen LogP contribution is -2.49. The maximum absolute atomic E-state index is 13.3. The van der Waals surface area contributed by atoms with Crippen molar-refractivity contribution in [2.75, 3.05) is 12.3 Å². The van der Waals surface area contributed by atoms with Crippen LogP contribution in [-0.2, 0) is 21.9 Å². The number of carbonyl (C=O) groups is 2. The number of unbranched alkanes of at least 4 members (excludes halogenated alkanes) is 1. The van der Waals surface area contributed by atoms with Gasteiger partial charge in [0.15, 0.2) is 0 Å². The molecule has 0 unspecified atom stereocenters. The molecule has 0 spiro atoms. The smallest absolute Gasteiger partial charge is 0.242 e. The summed E-state index contributed by atoms with van der Waals surface area (Å²) < 4.78 is 0. The zero-order valence-corrected chi connectivity index (χ0v) is 21.3. The van der Waals surface area contributed by atoms with Crippen molar-refractivity contribution in [2.24, 2.45) is 0 Å². The third-order valence-corrected chi connectivity index (χ3v) is 6.72. The number of nitrogens with zero attached hydrogens (tertiary/aromatic N) is 1. The van der Waals surface area contributed by atoms with Gasteiger partial charge in [-0.1, -0.05) is 79.4 Å². The van der Waals surface area contributed by atoms with Gasteiger partial charge in [-0.2, -0.15) is 0 Å². The highest BCUT2D eigenvalue weighted by Gasteiger charge is 2.28. The van der Waals surface area contributed by atoms with Crippen molar-refractivity contribution in [1.29, 1.82) is 0 Å². The van der Waals surface area contributed by atoms with Crippen LogP contribution in [0.4, 0.5) is 0 Å². The van der Waals surface area contributed by atoms with E-state index >= 15 is 0 Å². The van der Waals surface area contributed by atoms with Gasteiger partial charge in [-0.05, 0) is 43.0 Å². The summed E-state index contributed by atoms with van der Waals surface area (Å²) in [6, 6.07) is 12.9. The Morgan fingerprint density at radius 2 is 1.91 bits per heavy atom. The van der Waals surface area contributed by atoms with Crippen LogP contribution in [0.5, 0.6) is 0 Å². The molecule has 0 bridgehead atoms. The summed E-state index contributed by atoms with van der Waals surface area (Å²) in [7, 11) is 0. The Hall–Kier alpha value is -1.69. The molecule has 2 rings (SSSR count). The van der Waals surface area contributed by atoms with E-state index in [1.54, 1.807) is 28.8 Å². The van der Waals surface area contributed by atoms with Crippen LogP contribution in [0.1, 0.15) is 49.8 Å². The third kappa shape index (κ3) is 8.34. The van der Waals surface area contributed by atoms with Gasteiger partial charge in [-0.25, -0.2) is 0 Å². The van der Waals surface area contributed by atoms with Crippen LogP contribution in [0.2, 0.25) is 10.0 Å². The highest BCUT2D eigenvalue weighted by molar-refractivity contribution is 7.99. The zero-order valence-electron chi connectivity index (χ0n) is 19.0. The fraction of sp³-hybridized carbons (Fsp3) is 0.440. The Morgan fingerprint density at radius 1 is 1.12 bits per heavy atom. The fourth-order valence-electron chi connectivity index (χ4n) is 3.40. The molecule has 1 N–H and O–H groups in total. The molecule has 7 heteroatoms. The molecule has 0 heterocycles. The van der Waals surface area contributed by atoms with E-state index in [0.717, 1.165) is 24.2 Å². The molecule has 1 atom stereocenters. The summed E-state index contributed by atoms with van der Waals surface area (Å²) in [4.78, 5) is 27.8. The van der Waals surface area contributed by atoms with Gasteiger partial charge in [-0.3, -0.25) is 9.59 Å². The molecule has 0 aliphatic rings. The largest absolute Gasteiger partial charge is 0.354 e. The second-order valence-corrected chi connectivity index (χ2v) is 9.64. The van der Waals surface area contributed by atoms with E-state index in [9.17, 15) is 9.59 Å². The molecule has 174 valence electrons. The molecular weight excluding hydrogens is 463 g/mol. The molecule has 32 heavy (non-hydrogen) atoms. The molecule has 0 aliphatic heterocycles. The highest BCUT2D eigenvalue weighted by Crippen LogP contribution is 2.24. The number of halogens is 2. The molecule has 0 fully saturated rings. The van der Waals surface area contributed by atoms with Crippen LogP contribution >= 0.6 is 35.0 Å². The molecule has 0 saturated heterocycles. The van der Waals surface area contributed by atoms with Gasteiger partial charge in [-0.15, -0.1) is 11.8 Å². The minimum Gasteiger partial charge on any atom is -0.354 e. The van der Waals surface area contributed by atoms with E-state index in [1.807, 2.05) is 19.1 Å². The average Bonchev–Trinajstić information content (AvgIpc) is 2.75. The fourth-order valence-corrected chi connectivity index (χ4v) is 4.73. The van der Waals surface area contributed by atoms with E-state index in [2.05, 4.69) is 37.4 Å². The first-order valence-corrected chi connectivity index (χ1v) is 12.9. The SMILES string of the molecule is CCCCNC(=O)[C@H](CC)N(Cc1ccc(Cl)cc1Cl)C(=O)CSCc1cccc(C)c1. The van der Waals surface area contributed by atoms with Gasteiger partial charge < -0.3 is 10.2 Å². The first kappa shape index (κ1) is 26.6. The van der Waals surface area contributed by atoms with Gasteiger partial charge in [0.2, 0.25) is 11.8 Å². The van der Waals surface area contributed by atoms with Crippen molar-refractivity contribution in [3.8, 4) is 0 Å². The van der Waals surface area contributed by atoms with Gasteiger partial charge in [0.1, 0.15) is 6.04 Å². The number of amides is 2. The van der Waals surface area contributed by atoms with E-state index in [0.29, 0.717) is 23.0 Å². The summed E-state index contributed by atoms with van der Waals surface area (Å²) in [6.07, 6.45) is 2.43. The number of benzene rings is 2. The quantitative estimate of drug-likeness (QED) is 0.354. The van der Waals surface area contributed by atoms with Crippen molar-refractivity contribution in [3.63, 3.8) is 0 Å². The number of rotatable bonds is 12. The van der Waals surface area contributed by atoms with Crippen molar-refractivity contribution >= 4 is 46.8 Å². The number of nitrogens with one attached hydrogen (secondary N) is 1. The molecule has 0 aromatic heterocycles. The number of carbonyl (C=O) groups excluding carboxylic acids is 2. The molecule has 0 aliphatic carbocycles. The Balaban J connectivity index is 2.15. The van der Waals surface area contributed by atoms with Crippen LogP contribution in [0.25, 0.3) is 0 Å². The standard InChI is InChI=1S/C25H32Cl2N2O2S/c1-4-6-12-28-25(31)23(5-2)29(15-20-10-11-21(26)14-22(20)27)24(30)17-32-16-19-9-7-8-18(3)13-19/h7-11,13-14,23H,4-6,12,15-17H2,1-3H3,(H,28,31)/t23-/m0/s1. The molecule has 2 aromatic rings. The molecule has 2 amide bonds. The van der Waals surface area contributed by atoms with Gasteiger partial charge in [0.05, 0.1) is 5.75 Å². The lowest BCUT2D eigenvalue weighted by atomic mass is 10.1. The number of aryl methyl sites for hydroxylation is 1. The number of hydrogen-bond acceptors (Lipinski definition) is 3. The second-order valence-electron chi connectivity index (χ2n) is 7.81. The van der Waals surface area contributed by atoms with E-state index in [-0.39, 0.29) is 24.1 Å². The predicted molar refractivity (Wildman–Crippen MR) is 136 cm³/mol. The predicted octanol–water partition coefficient (Wildman–Crippen LogP) is 6.26. The molecule has 4 nitrogen and oxygen atoms in total. The third-order valence-electron chi connectivity index (χ3n) is 5.15. The zero-order chi connectivity index (χ0) is 23.5. The van der Waals surface area contributed by atoms with E-state index < -0.39 is 6.04 Å². The summed E-state index contributed by atoms with van der Waals surface area (Å²) in [5.41, 5.74) is 3.15. The molecule has 0 radical (unpaired) electrons. The number of hydrogen-bond donors (Lipinski definition) is 1. The summed E-state index contributed by atoms with van der Waals surface area (Å²) >= 11 is 14.0. The number of thioether (sulfide) groups is 1. The summed E-state index contributed by atoms with van der Waals surface area (Å²) in [5.74, 6) is 0.828. The average molecular weight is 496 g/mol. The Kier molecular flexibility index (Phi) is 11.4. The summed E-state index contributed by atoms with van der Waals surface area (Å²) in [5, 5.41) is 4.00. The Bertz CT molecular complexity index is 907. The Labute approximate surface area is 206 Å². The van der Waals surface area contributed by atoms with Crippen molar-refractivity contribution < 1.29 is 9.59 Å². The lowest BCUT2D eigenvalue weighted by Gasteiger charge is -2.31. The van der Waals surface area contributed by atoms with Crippen LogP contribution in [0.15, 0.2) is 42.5 Å². The maximum Gasteiger partial charge on any atom is 0.242 e. The molecular formula is C25H32Cl2N2O2S. The van der Waals surface area contributed by atoms with Gasteiger partial charge in [0, 0.05) is 28.9 Å². The topological polar surface area (TPSA) is 49.4 Å². The van der Waals surface area contributed by atoms with Crippen LogP contribution in [0, 0.1) is 6.92 Å². The second kappa shape index (κ2) is 13.8. The lowest BCUT2D eigenvalue weighted by molar-refractivity contribution is -0.139. The summed E-state index contributed by atoms with van der Waals surface area (Å²) in [6.45, 7) is 6.93. The van der Waals surface area contributed by atoms with Crippen LogP contribution in [0.3, 0.4) is 0 Å². The first-order valence-electron chi connectivity index (χ1n) is 11.0.